The molecule has 4 rings (SSSR count). The Bertz CT molecular complexity index is 4190. The van der Waals surface area contributed by atoms with Crippen LogP contribution in [-0.4, -0.2) is 242 Å². The highest BCUT2D eigenvalue weighted by atomic mass is 16.5. The van der Waals surface area contributed by atoms with Crippen LogP contribution in [0.1, 0.15) is 153 Å². The third-order valence-electron chi connectivity index (χ3n) is 18.3. The molecule has 1 aromatic heterocycles. The average Bonchev–Trinajstić information content (AvgIpc) is 1.57. The van der Waals surface area contributed by atoms with E-state index in [0.29, 0.717) is 35.2 Å². The van der Waals surface area contributed by atoms with Crippen LogP contribution in [0.3, 0.4) is 0 Å². The fourth-order valence-corrected chi connectivity index (χ4v) is 12.1. The van der Waals surface area contributed by atoms with Crippen molar-refractivity contribution in [3.63, 3.8) is 0 Å². The van der Waals surface area contributed by atoms with E-state index < -0.39 is 267 Å². The summed E-state index contributed by atoms with van der Waals surface area (Å²) < 4.78 is 5.69. The minimum atomic E-state index is -2.47. The molecule has 0 saturated carbocycles. The maximum atomic E-state index is 14.9. The molecule has 3 aromatic rings. The Labute approximate surface area is 674 Å². The number of aromatic amines is 1. The van der Waals surface area contributed by atoms with Crippen molar-refractivity contribution >= 4 is 141 Å². The molecule has 118 heavy (non-hydrogen) atoms. The van der Waals surface area contributed by atoms with Gasteiger partial charge in [-0.2, -0.15) is 0 Å². The Hall–Kier alpha value is -13.2. The lowest BCUT2D eigenvalue weighted by molar-refractivity contribution is -0.156. The number of aliphatic carboxylic acids is 4. The molecule has 0 aliphatic carbocycles. The summed E-state index contributed by atoms with van der Waals surface area (Å²) in [5, 5.41) is 68.4. The van der Waals surface area contributed by atoms with Crippen molar-refractivity contribution in [1.82, 2.24) is 74.1 Å². The van der Waals surface area contributed by atoms with Crippen LogP contribution in [0, 0.1) is 11.8 Å². The van der Waals surface area contributed by atoms with Crippen LogP contribution >= 0.6 is 0 Å². The third kappa shape index (κ3) is 33.7. The second kappa shape index (κ2) is 48.2. The second-order valence-electron chi connectivity index (χ2n) is 28.6. The van der Waals surface area contributed by atoms with Crippen molar-refractivity contribution < 1.29 is 126 Å². The topological polar surface area (TPSA) is 725 Å². The summed E-state index contributed by atoms with van der Waals surface area (Å²) in [7, 11) is 0. The van der Waals surface area contributed by atoms with Gasteiger partial charge in [0, 0.05) is 47.6 Å². The smallest absolute Gasteiger partial charge is 0.329 e. The number of nitrogen functional groups attached to an aromatic ring is 1. The van der Waals surface area contributed by atoms with E-state index in [9.17, 15) is 121 Å². The number of H-pyrrole nitrogens is 1. The molecule has 0 spiro atoms. The Morgan fingerprint density at radius 2 is 1.05 bits per heavy atom. The Morgan fingerprint density at radius 3 is 1.65 bits per heavy atom. The van der Waals surface area contributed by atoms with Crippen LogP contribution in [0.5, 0.6) is 0 Å². The fraction of sp³-hybridized carbons (Fsp3) is 0.527. The minimum Gasteiger partial charge on any atom is -0.481 e. The molecule has 15 amide bonds. The van der Waals surface area contributed by atoms with Gasteiger partial charge in [-0.25, -0.2) is 4.79 Å². The highest BCUT2D eigenvalue weighted by molar-refractivity contribution is 6.05. The molecule has 0 bridgehead atoms. The van der Waals surface area contributed by atoms with Gasteiger partial charge in [0.2, 0.25) is 88.6 Å². The number of carbonyl (C=O) groups is 21. The van der Waals surface area contributed by atoms with E-state index in [1.807, 2.05) is 16.0 Å². The molecule has 44 heteroatoms. The number of fused-ring (bicyclic) bond motifs is 1. The molecular formula is C74H104N18O26. The Morgan fingerprint density at radius 1 is 0.517 bits per heavy atom. The number of unbranched alkanes of at least 4 members (excludes halogenated alkanes) is 4. The van der Waals surface area contributed by atoms with Gasteiger partial charge < -0.3 is 122 Å². The molecule has 1 fully saturated rings. The normalized spacial score (nSPS) is 21.0. The first-order valence-electron chi connectivity index (χ1n) is 37.7. The van der Waals surface area contributed by atoms with Gasteiger partial charge in [-0.1, -0.05) is 83.2 Å². The summed E-state index contributed by atoms with van der Waals surface area (Å²) in [5.74, 6) is -30.9. The molecule has 44 nitrogen and oxygen atoms in total. The number of ketones is 1. The lowest BCUT2D eigenvalue weighted by Gasteiger charge is -2.30. The van der Waals surface area contributed by atoms with Gasteiger partial charge in [-0.15, -0.1) is 0 Å². The molecule has 0 unspecified atom stereocenters. The zero-order chi connectivity index (χ0) is 88.2. The standard InChI is InChI=1S/C74H104N18O26/c1-35(2)16-9-7-6-8-10-22-55(96)84-45(25-39-32-79-43-20-14-12-17-40(39)43)68(111)87-47(28-54(78)95)69(112)89-50(31-61(105)106)71(114)92-63-38(5)118-74(117)51(26-52(93)41-18-11-13-19-42(41)76)90-73(116)62(36(3)24-58(99)100)91-70(113)46(27-53(77)94)85-57(98)33-80-65(108)48(29-59(101)102)86-64(107)37(4)82-67(110)49(30-60(103)104)88-66(109)44(21-15-23-75)83-56(97)34-81-72(63)115/h11-14,17-20,32,35-38,44-51,62-63,79H,6-10,15-16,21-31,33-34,75-76H2,1-5H3,(H2,77,94)(H2,78,95)(H,80,108)(H,81,115)(H,82,110)(H,83,97)(H,84,96)(H,85,98)(H,86,107)(H,87,111)(H,88,109)(H,89,112)(H,90,116)(H,91,113)(H,92,114)(H,99,100)(H,101,102)(H,103,104)(H,105,106)/t36-,37-,38+,44+,45+,46-,47-,48+,49+,50+,51+,62+,63+/m1/s1. The molecular weight excluding hydrogens is 1560 g/mol. The molecule has 0 radical (unpaired) electrons. The largest absolute Gasteiger partial charge is 0.481 e. The number of esters is 1. The number of benzene rings is 2. The van der Waals surface area contributed by atoms with E-state index in [4.69, 9.17) is 27.7 Å². The lowest BCUT2D eigenvalue weighted by Crippen LogP contribution is -2.62. The molecule has 13 atom stereocenters. The molecule has 26 N–H and O–H groups in total. The number of primary amides is 2. The number of carbonyl (C=O) groups excluding carboxylic acids is 17. The van der Waals surface area contributed by atoms with E-state index in [1.165, 1.54) is 24.3 Å². The number of anilines is 1. The monoisotopic (exact) mass is 1660 g/mol. The van der Waals surface area contributed by atoms with E-state index in [0.717, 1.165) is 46.5 Å². The van der Waals surface area contributed by atoms with Crippen LogP contribution in [-0.2, 0) is 107 Å². The number of carboxylic acid groups (broad SMARTS) is 4. The summed E-state index contributed by atoms with van der Waals surface area (Å²) in [6.07, 6.45) is -4.71. The molecule has 1 aliphatic heterocycles. The number of aromatic nitrogens is 1. The second-order valence-corrected chi connectivity index (χ2v) is 28.6. The molecule has 1 aliphatic rings. The minimum absolute atomic E-state index is 0.0271. The van der Waals surface area contributed by atoms with E-state index in [-0.39, 0.29) is 37.1 Å². The van der Waals surface area contributed by atoms with Gasteiger partial charge >= 0.3 is 29.8 Å². The van der Waals surface area contributed by atoms with Crippen molar-refractivity contribution in [3.8, 4) is 0 Å². The highest BCUT2D eigenvalue weighted by Gasteiger charge is 2.41. The van der Waals surface area contributed by atoms with Crippen LogP contribution in [0.15, 0.2) is 54.7 Å². The van der Waals surface area contributed by atoms with Crippen LogP contribution < -0.4 is 92.1 Å². The molecule has 646 valence electrons. The van der Waals surface area contributed by atoms with Crippen molar-refractivity contribution in [2.45, 2.75) is 216 Å². The summed E-state index contributed by atoms with van der Waals surface area (Å²) in [5.41, 5.74) is 23.5. The number of cyclic esters (lactones) is 1. The lowest BCUT2D eigenvalue weighted by atomic mass is 9.95. The van der Waals surface area contributed by atoms with Gasteiger partial charge in [-0.3, -0.25) is 95.9 Å². The number of amides is 15. The average molecular weight is 1660 g/mol. The number of Topliss-reactive ketones (excluding diaryl/α,β-unsaturated/α-hetero) is 1. The molecule has 1 saturated heterocycles. The van der Waals surface area contributed by atoms with E-state index in [1.54, 1.807) is 30.5 Å². The van der Waals surface area contributed by atoms with Gasteiger partial charge in [0.1, 0.15) is 72.6 Å². The van der Waals surface area contributed by atoms with E-state index in [2.05, 4.69) is 72.0 Å². The predicted molar refractivity (Wildman–Crippen MR) is 412 cm³/mol. The van der Waals surface area contributed by atoms with Crippen molar-refractivity contribution in [2.75, 3.05) is 25.4 Å². The number of ether oxygens (including phenoxy) is 1. The number of para-hydroxylation sites is 2. The summed E-state index contributed by atoms with van der Waals surface area (Å²) in [6, 6.07) is -10.8. The quantitative estimate of drug-likeness (QED) is 0.0112. The number of nitrogens with one attached hydrogen (secondary N) is 14. The Balaban J connectivity index is 1.89. The summed E-state index contributed by atoms with van der Waals surface area (Å²) >= 11 is 0. The number of hydrogen-bond acceptors (Lipinski definition) is 24. The van der Waals surface area contributed by atoms with Crippen molar-refractivity contribution in [1.29, 1.82) is 0 Å². The number of carboxylic acids is 4. The first-order valence-corrected chi connectivity index (χ1v) is 37.7. The highest BCUT2D eigenvalue weighted by Crippen LogP contribution is 2.22. The van der Waals surface area contributed by atoms with Gasteiger partial charge in [0.05, 0.1) is 51.6 Å². The number of nitrogens with two attached hydrogens (primary N) is 4. The first kappa shape index (κ1) is 97.2. The molecule has 2 heterocycles. The van der Waals surface area contributed by atoms with Crippen LogP contribution in [0.25, 0.3) is 10.9 Å². The van der Waals surface area contributed by atoms with Crippen LogP contribution in [0.4, 0.5) is 5.69 Å². The first-order chi connectivity index (χ1) is 55.6. The van der Waals surface area contributed by atoms with Gasteiger partial charge in [0.15, 0.2) is 5.78 Å². The predicted octanol–water partition coefficient (Wildman–Crippen LogP) is -5.49. The van der Waals surface area contributed by atoms with E-state index >= 15 is 0 Å². The third-order valence-corrected chi connectivity index (χ3v) is 18.3. The van der Waals surface area contributed by atoms with Gasteiger partial charge in [-0.05, 0) is 75.3 Å². The number of hydrogen-bond donors (Lipinski definition) is 22. The summed E-state index contributed by atoms with van der Waals surface area (Å²) in [6.45, 7) is 4.48. The zero-order valence-corrected chi connectivity index (χ0v) is 65.5. The number of rotatable bonds is 36. The summed E-state index contributed by atoms with van der Waals surface area (Å²) in [4.78, 5) is 290. The Kier molecular flexibility index (Phi) is 39.7. The maximum absolute atomic E-state index is 14.9. The van der Waals surface area contributed by atoms with Crippen molar-refractivity contribution in [3.05, 3.63) is 65.9 Å². The van der Waals surface area contributed by atoms with Gasteiger partial charge in [0.25, 0.3) is 0 Å². The fourth-order valence-electron chi connectivity index (χ4n) is 12.1. The SMILES string of the molecule is CC(C)CCCCCCCC(=O)N[C@@H](Cc1c[nH]c2ccccc12)C(=O)N[C@H](CC(N)=O)C(=O)N[C@@H](CC(=O)O)C(=O)N[C@@H]1C(=O)NCC(=O)N[C@@H](CCCN)C(=O)N[C@@H](CC(=O)O)C(=O)N[C@H](C)C(=O)N[C@@H](CC(=O)O)C(=O)NCC(=O)N[C@H](CC(N)=O)C(=O)N[C@@H]([C@H](C)CC(=O)O)C(=O)N[C@@H](CC(=O)c2ccccc2N)C(=O)O[C@H]1C. The van der Waals surface area contributed by atoms with Crippen LogP contribution in [0.2, 0.25) is 0 Å². The van der Waals surface area contributed by atoms with Crippen molar-refractivity contribution in [2.24, 2.45) is 29.0 Å². The molecule has 2 aromatic carbocycles. The maximum Gasteiger partial charge on any atom is 0.329 e. The zero-order valence-electron chi connectivity index (χ0n) is 65.5.